The van der Waals surface area contributed by atoms with Gasteiger partial charge in [0.05, 0.1) is 23.3 Å². The van der Waals surface area contributed by atoms with Gasteiger partial charge >= 0.3 is 11.9 Å². The van der Waals surface area contributed by atoms with Crippen molar-refractivity contribution in [2.45, 2.75) is 53.8 Å². The van der Waals surface area contributed by atoms with Gasteiger partial charge in [0.1, 0.15) is 0 Å². The summed E-state index contributed by atoms with van der Waals surface area (Å²) < 4.78 is 10.5. The van der Waals surface area contributed by atoms with Crippen LogP contribution in [0.3, 0.4) is 0 Å². The first-order valence-corrected chi connectivity index (χ1v) is 10.2. The van der Waals surface area contributed by atoms with Crippen LogP contribution < -0.4 is 10.6 Å². The lowest BCUT2D eigenvalue weighted by atomic mass is 10.1. The minimum absolute atomic E-state index is 0.235. The third kappa shape index (κ3) is 6.84. The summed E-state index contributed by atoms with van der Waals surface area (Å²) in [4.78, 5) is 24.8. The van der Waals surface area contributed by atoms with E-state index < -0.39 is 11.9 Å². The van der Waals surface area contributed by atoms with Crippen LogP contribution in [0.15, 0.2) is 36.4 Å². The molecule has 0 saturated heterocycles. The molecule has 7 heteroatoms. The third-order valence-corrected chi connectivity index (χ3v) is 4.18. The first kappa shape index (κ1) is 23.3. The van der Waals surface area contributed by atoms with Crippen molar-refractivity contribution in [1.82, 2.24) is 0 Å². The van der Waals surface area contributed by atoms with E-state index in [4.69, 9.17) is 21.7 Å². The Kier molecular flexibility index (Phi) is 7.94. The van der Waals surface area contributed by atoms with E-state index in [9.17, 15) is 9.59 Å². The normalized spacial score (nSPS) is 10.7. The lowest BCUT2D eigenvalue weighted by Gasteiger charge is -2.16. The molecule has 0 aliphatic heterocycles. The standard InChI is InChI=1S/C23H28N2O4S/c1-13(2)28-21(26)17-10-18(22(27)29-14(3)4)12-19(11-17)24-23(30)25-20-8-7-15(5)9-16(20)6/h7-14H,1-6H3,(H2,24,25,30). The summed E-state index contributed by atoms with van der Waals surface area (Å²) in [7, 11) is 0. The van der Waals surface area contributed by atoms with Gasteiger partial charge in [0.15, 0.2) is 5.11 Å². The number of hydrogen-bond acceptors (Lipinski definition) is 5. The highest BCUT2D eigenvalue weighted by molar-refractivity contribution is 7.80. The lowest BCUT2D eigenvalue weighted by Crippen LogP contribution is -2.21. The van der Waals surface area contributed by atoms with Gasteiger partial charge in [0, 0.05) is 11.4 Å². The molecule has 0 aromatic heterocycles. The molecule has 0 amide bonds. The van der Waals surface area contributed by atoms with E-state index in [1.54, 1.807) is 39.8 Å². The summed E-state index contributed by atoms with van der Waals surface area (Å²) in [5.41, 5.74) is 4.02. The zero-order valence-electron chi connectivity index (χ0n) is 18.2. The topological polar surface area (TPSA) is 76.7 Å². The maximum atomic E-state index is 12.4. The highest BCUT2D eigenvalue weighted by Crippen LogP contribution is 2.20. The number of carbonyl (C=O) groups excluding carboxylic acids is 2. The Morgan fingerprint density at radius 1 is 0.833 bits per heavy atom. The van der Waals surface area contributed by atoms with Crippen LogP contribution in [0.5, 0.6) is 0 Å². The maximum absolute atomic E-state index is 12.4. The first-order chi connectivity index (χ1) is 14.0. The average molecular weight is 429 g/mol. The van der Waals surface area contributed by atoms with Crippen LogP contribution in [0.2, 0.25) is 0 Å². The van der Waals surface area contributed by atoms with Crippen molar-refractivity contribution < 1.29 is 19.1 Å². The Balaban J connectivity index is 2.28. The van der Waals surface area contributed by atoms with E-state index in [1.165, 1.54) is 6.07 Å². The Bertz CT molecular complexity index is 914. The van der Waals surface area contributed by atoms with Gasteiger partial charge < -0.3 is 20.1 Å². The molecule has 0 saturated carbocycles. The molecule has 2 aromatic carbocycles. The molecule has 0 aliphatic rings. The van der Waals surface area contributed by atoms with Crippen LogP contribution in [0.4, 0.5) is 11.4 Å². The van der Waals surface area contributed by atoms with Gasteiger partial charge in [-0.25, -0.2) is 9.59 Å². The van der Waals surface area contributed by atoms with Crippen LogP contribution >= 0.6 is 12.2 Å². The summed E-state index contributed by atoms with van der Waals surface area (Å²) in [5.74, 6) is -1.05. The van der Waals surface area contributed by atoms with Crippen molar-refractivity contribution in [2.75, 3.05) is 10.6 Å². The average Bonchev–Trinajstić information content (AvgIpc) is 2.62. The Hall–Kier alpha value is -2.93. The molecule has 2 N–H and O–H groups in total. The predicted molar refractivity (Wildman–Crippen MR) is 123 cm³/mol. The quantitative estimate of drug-likeness (QED) is 0.481. The highest BCUT2D eigenvalue weighted by atomic mass is 32.1. The molecule has 0 atom stereocenters. The predicted octanol–water partition coefficient (Wildman–Crippen LogP) is 5.24. The van der Waals surface area contributed by atoms with Crippen molar-refractivity contribution in [1.29, 1.82) is 0 Å². The summed E-state index contributed by atoms with van der Waals surface area (Å²) >= 11 is 5.41. The molecule has 0 fully saturated rings. The van der Waals surface area contributed by atoms with Crippen molar-refractivity contribution >= 4 is 40.6 Å². The second-order valence-electron chi connectivity index (χ2n) is 7.60. The molecular formula is C23H28N2O4S. The molecule has 30 heavy (non-hydrogen) atoms. The highest BCUT2D eigenvalue weighted by Gasteiger charge is 2.17. The van der Waals surface area contributed by atoms with Gasteiger partial charge in [-0.05, 0) is 83.6 Å². The van der Waals surface area contributed by atoms with E-state index in [0.717, 1.165) is 16.8 Å². The number of ether oxygens (including phenoxy) is 2. The number of rotatable bonds is 6. The Morgan fingerprint density at radius 2 is 1.37 bits per heavy atom. The summed E-state index contributed by atoms with van der Waals surface area (Å²) in [5, 5.41) is 6.50. The first-order valence-electron chi connectivity index (χ1n) is 9.77. The number of benzene rings is 2. The minimum atomic E-state index is -0.527. The van der Waals surface area contributed by atoms with E-state index >= 15 is 0 Å². The Labute approximate surface area is 183 Å². The van der Waals surface area contributed by atoms with Gasteiger partial charge in [0.2, 0.25) is 0 Å². The Morgan fingerprint density at radius 3 is 1.83 bits per heavy atom. The number of hydrogen-bond donors (Lipinski definition) is 2. The van der Waals surface area contributed by atoms with Crippen LogP contribution in [0, 0.1) is 13.8 Å². The fourth-order valence-electron chi connectivity index (χ4n) is 2.74. The number of anilines is 2. The van der Waals surface area contributed by atoms with Gasteiger partial charge in [0.25, 0.3) is 0 Å². The molecule has 160 valence electrons. The minimum Gasteiger partial charge on any atom is -0.459 e. The van der Waals surface area contributed by atoms with Crippen molar-refractivity contribution in [3.63, 3.8) is 0 Å². The maximum Gasteiger partial charge on any atom is 0.338 e. The monoisotopic (exact) mass is 428 g/mol. The molecule has 2 rings (SSSR count). The van der Waals surface area contributed by atoms with Crippen molar-refractivity contribution in [3.8, 4) is 0 Å². The third-order valence-electron chi connectivity index (χ3n) is 3.98. The summed E-state index contributed by atoms with van der Waals surface area (Å²) in [6, 6.07) is 10.6. The second-order valence-corrected chi connectivity index (χ2v) is 8.01. The molecule has 0 spiro atoms. The smallest absolute Gasteiger partial charge is 0.338 e. The van der Waals surface area contributed by atoms with E-state index in [1.807, 2.05) is 32.0 Å². The molecule has 0 bridgehead atoms. The molecule has 0 radical (unpaired) electrons. The number of carbonyl (C=O) groups is 2. The van der Waals surface area contributed by atoms with E-state index in [0.29, 0.717) is 10.8 Å². The molecule has 6 nitrogen and oxygen atoms in total. The van der Waals surface area contributed by atoms with E-state index in [2.05, 4.69) is 10.6 Å². The second kappa shape index (κ2) is 10.2. The molecule has 0 unspecified atom stereocenters. The van der Waals surface area contributed by atoms with Gasteiger partial charge in [-0.2, -0.15) is 0 Å². The van der Waals surface area contributed by atoms with Crippen LogP contribution in [0.25, 0.3) is 0 Å². The molecule has 2 aromatic rings. The molecule has 0 aliphatic carbocycles. The number of esters is 2. The summed E-state index contributed by atoms with van der Waals surface area (Å²) in [6.07, 6.45) is -0.570. The molecule has 0 heterocycles. The van der Waals surface area contributed by atoms with Crippen molar-refractivity contribution in [2.24, 2.45) is 0 Å². The number of nitrogens with one attached hydrogen (secondary N) is 2. The lowest BCUT2D eigenvalue weighted by molar-refractivity contribution is 0.0377. The SMILES string of the molecule is Cc1ccc(NC(=S)Nc2cc(C(=O)OC(C)C)cc(C(=O)OC(C)C)c2)c(C)c1. The van der Waals surface area contributed by atoms with E-state index in [-0.39, 0.29) is 23.3 Å². The number of thiocarbonyl (C=S) groups is 1. The number of aryl methyl sites for hydroxylation is 2. The van der Waals surface area contributed by atoms with Crippen LogP contribution in [-0.2, 0) is 9.47 Å². The molecular weight excluding hydrogens is 400 g/mol. The van der Waals surface area contributed by atoms with Gasteiger partial charge in [-0.1, -0.05) is 17.7 Å². The fourth-order valence-corrected chi connectivity index (χ4v) is 2.97. The van der Waals surface area contributed by atoms with Gasteiger partial charge in [-0.15, -0.1) is 0 Å². The fraction of sp³-hybridized carbons (Fsp3) is 0.348. The zero-order valence-corrected chi connectivity index (χ0v) is 19.0. The van der Waals surface area contributed by atoms with Crippen molar-refractivity contribution in [3.05, 3.63) is 58.7 Å². The largest absolute Gasteiger partial charge is 0.459 e. The summed E-state index contributed by atoms with van der Waals surface area (Å²) in [6.45, 7) is 11.1. The van der Waals surface area contributed by atoms with Gasteiger partial charge in [-0.3, -0.25) is 0 Å². The van der Waals surface area contributed by atoms with Crippen LogP contribution in [0.1, 0.15) is 59.5 Å². The van der Waals surface area contributed by atoms with Crippen LogP contribution in [-0.4, -0.2) is 29.3 Å². The zero-order chi connectivity index (χ0) is 22.4.